The highest BCUT2D eigenvalue weighted by atomic mass is 32.2. The Bertz CT molecular complexity index is 1100. The molecule has 1 heterocycles. The summed E-state index contributed by atoms with van der Waals surface area (Å²) in [7, 11) is -3.79. The maximum atomic E-state index is 13.1. The second-order valence-corrected chi connectivity index (χ2v) is 9.90. The van der Waals surface area contributed by atoms with Gasteiger partial charge in [0, 0.05) is 13.2 Å². The average molecular weight is 490 g/mol. The first-order valence-electron chi connectivity index (χ1n) is 11.2. The molecule has 1 aliphatic rings. The van der Waals surface area contributed by atoms with E-state index < -0.39 is 22.0 Å². The van der Waals surface area contributed by atoms with Crippen LogP contribution >= 0.6 is 0 Å². The van der Waals surface area contributed by atoms with Gasteiger partial charge in [0.25, 0.3) is 5.91 Å². The lowest BCUT2D eigenvalue weighted by atomic mass is 10.1. The lowest BCUT2D eigenvalue weighted by molar-refractivity contribution is -0.116. The lowest BCUT2D eigenvalue weighted by Gasteiger charge is -2.28. The van der Waals surface area contributed by atoms with Gasteiger partial charge in [-0.1, -0.05) is 12.1 Å². The van der Waals surface area contributed by atoms with E-state index in [1.54, 1.807) is 48.5 Å². The molecule has 1 saturated heterocycles. The molecule has 9 nitrogen and oxygen atoms in total. The number of nitrogens with one attached hydrogen (secondary N) is 2. The van der Waals surface area contributed by atoms with Crippen molar-refractivity contribution in [3.63, 3.8) is 0 Å². The Kier molecular flexibility index (Phi) is 8.51. The number of anilines is 2. The molecule has 0 saturated carbocycles. The van der Waals surface area contributed by atoms with Crippen LogP contribution in [0.5, 0.6) is 5.75 Å². The lowest BCUT2D eigenvalue weighted by Crippen LogP contribution is -2.45. The molecule has 0 bridgehead atoms. The Morgan fingerprint density at radius 2 is 1.88 bits per heavy atom. The molecule has 2 amide bonds. The molecular weight excluding hydrogens is 458 g/mol. The first-order valence-corrected chi connectivity index (χ1v) is 13.1. The molecule has 2 aromatic carbocycles. The van der Waals surface area contributed by atoms with Gasteiger partial charge in [0.1, 0.15) is 11.8 Å². The Labute approximate surface area is 200 Å². The molecule has 0 aromatic heterocycles. The van der Waals surface area contributed by atoms with E-state index in [4.69, 9.17) is 9.47 Å². The fourth-order valence-electron chi connectivity index (χ4n) is 3.80. The molecule has 1 fully saturated rings. The highest BCUT2D eigenvalue weighted by Gasteiger charge is 2.30. The van der Waals surface area contributed by atoms with Crippen molar-refractivity contribution in [3.8, 4) is 5.75 Å². The van der Waals surface area contributed by atoms with E-state index in [0.717, 1.165) is 23.4 Å². The number of sulfonamides is 1. The van der Waals surface area contributed by atoms with Crippen molar-refractivity contribution < 1.29 is 27.5 Å². The van der Waals surface area contributed by atoms with Gasteiger partial charge in [-0.25, -0.2) is 8.42 Å². The number of rotatable bonds is 10. The van der Waals surface area contributed by atoms with Crippen molar-refractivity contribution in [1.82, 2.24) is 5.32 Å². The van der Waals surface area contributed by atoms with E-state index in [9.17, 15) is 18.0 Å². The molecule has 0 spiro atoms. The van der Waals surface area contributed by atoms with Crippen LogP contribution in [0.4, 0.5) is 11.4 Å². The summed E-state index contributed by atoms with van der Waals surface area (Å²) in [6.45, 7) is 4.90. The van der Waals surface area contributed by atoms with Crippen LogP contribution in [0, 0.1) is 0 Å². The zero-order valence-corrected chi connectivity index (χ0v) is 20.4. The van der Waals surface area contributed by atoms with Crippen LogP contribution in [-0.2, 0) is 19.6 Å². The average Bonchev–Trinajstić information content (AvgIpc) is 3.32. The topological polar surface area (TPSA) is 114 Å². The number of carbonyl (C=O) groups is 2. The van der Waals surface area contributed by atoms with Gasteiger partial charge in [0.2, 0.25) is 15.9 Å². The molecule has 0 radical (unpaired) electrons. The molecular formula is C24H31N3O6S. The van der Waals surface area contributed by atoms with Crippen LogP contribution in [-0.4, -0.2) is 58.4 Å². The Morgan fingerprint density at radius 1 is 1.18 bits per heavy atom. The van der Waals surface area contributed by atoms with E-state index in [2.05, 4.69) is 10.6 Å². The normalized spacial score (nSPS) is 16.5. The summed E-state index contributed by atoms with van der Waals surface area (Å²) in [5.41, 5.74) is 0.911. The van der Waals surface area contributed by atoms with Crippen LogP contribution in [0.3, 0.4) is 0 Å². The zero-order chi connectivity index (χ0) is 24.7. The molecule has 2 atom stereocenters. The molecule has 3 rings (SSSR count). The summed E-state index contributed by atoms with van der Waals surface area (Å²) in [5, 5.41) is 5.55. The van der Waals surface area contributed by atoms with Crippen LogP contribution in [0.25, 0.3) is 0 Å². The minimum atomic E-state index is -3.79. The number of carbonyl (C=O) groups excluding carboxylic acids is 2. The fourth-order valence-corrected chi connectivity index (χ4v) is 4.97. The van der Waals surface area contributed by atoms with Gasteiger partial charge < -0.3 is 20.1 Å². The van der Waals surface area contributed by atoms with E-state index in [0.29, 0.717) is 36.9 Å². The van der Waals surface area contributed by atoms with Crippen molar-refractivity contribution in [2.75, 3.05) is 35.6 Å². The third-order valence-corrected chi connectivity index (χ3v) is 6.68. The number of nitrogens with zero attached hydrogens (tertiary/aromatic N) is 1. The molecule has 10 heteroatoms. The molecule has 0 unspecified atom stereocenters. The van der Waals surface area contributed by atoms with Crippen molar-refractivity contribution >= 4 is 33.2 Å². The summed E-state index contributed by atoms with van der Waals surface area (Å²) in [6, 6.07) is 12.0. The van der Waals surface area contributed by atoms with Crippen LogP contribution in [0.2, 0.25) is 0 Å². The second-order valence-electron chi connectivity index (χ2n) is 8.04. The minimum absolute atomic E-state index is 0.0110. The van der Waals surface area contributed by atoms with Gasteiger partial charge in [-0.15, -0.1) is 0 Å². The zero-order valence-electron chi connectivity index (χ0n) is 19.6. The molecule has 0 aliphatic carbocycles. The predicted molar refractivity (Wildman–Crippen MR) is 131 cm³/mol. The minimum Gasteiger partial charge on any atom is -0.494 e. The maximum Gasteiger partial charge on any atom is 0.253 e. The van der Waals surface area contributed by atoms with Crippen LogP contribution < -0.4 is 19.7 Å². The Morgan fingerprint density at radius 3 is 2.50 bits per heavy atom. The number of hydrogen-bond acceptors (Lipinski definition) is 6. The summed E-state index contributed by atoms with van der Waals surface area (Å²) in [5.74, 6) is -0.316. The van der Waals surface area contributed by atoms with Crippen molar-refractivity contribution in [2.45, 2.75) is 38.8 Å². The van der Waals surface area contributed by atoms with Crippen LogP contribution in [0.15, 0.2) is 48.5 Å². The summed E-state index contributed by atoms with van der Waals surface area (Å²) in [4.78, 5) is 25.8. The monoisotopic (exact) mass is 489 g/mol. The van der Waals surface area contributed by atoms with E-state index in [1.807, 2.05) is 6.92 Å². The van der Waals surface area contributed by atoms with E-state index >= 15 is 0 Å². The second kappa shape index (κ2) is 11.3. The SMILES string of the molecule is CCOc1ccc(N([C@@H](C)C(=O)Nc2ccccc2C(=O)NC[C@@H]2CCCO2)S(C)(=O)=O)cc1. The van der Waals surface area contributed by atoms with E-state index in [-0.39, 0.29) is 17.6 Å². The molecule has 184 valence electrons. The third kappa shape index (κ3) is 6.48. The first-order chi connectivity index (χ1) is 16.2. The number of amides is 2. The number of ether oxygens (including phenoxy) is 2. The molecule has 1 aliphatic heterocycles. The Hall–Kier alpha value is -3.11. The summed E-state index contributed by atoms with van der Waals surface area (Å²) < 4.78 is 37.1. The van der Waals surface area contributed by atoms with Gasteiger partial charge in [-0.2, -0.15) is 0 Å². The van der Waals surface area contributed by atoms with Crippen molar-refractivity contribution in [3.05, 3.63) is 54.1 Å². The van der Waals surface area contributed by atoms with Crippen molar-refractivity contribution in [1.29, 1.82) is 0 Å². The predicted octanol–water partition coefficient (Wildman–Crippen LogP) is 2.79. The molecule has 34 heavy (non-hydrogen) atoms. The highest BCUT2D eigenvalue weighted by Crippen LogP contribution is 2.25. The molecule has 2 N–H and O–H groups in total. The van der Waals surface area contributed by atoms with Gasteiger partial charge in [-0.3, -0.25) is 13.9 Å². The number of benzene rings is 2. The van der Waals surface area contributed by atoms with Crippen LogP contribution in [0.1, 0.15) is 37.0 Å². The maximum absolute atomic E-state index is 13.1. The number of para-hydroxylation sites is 1. The largest absolute Gasteiger partial charge is 0.494 e. The van der Waals surface area contributed by atoms with E-state index in [1.165, 1.54) is 6.92 Å². The quantitative estimate of drug-likeness (QED) is 0.531. The third-order valence-electron chi connectivity index (χ3n) is 5.43. The number of hydrogen-bond donors (Lipinski definition) is 2. The standard InChI is InChI=1S/C24H31N3O6S/c1-4-32-19-13-11-18(12-14-19)27(34(3,30)31)17(2)23(28)26-22-10-6-5-9-21(22)24(29)25-16-20-8-7-15-33-20/h5-6,9-14,17,20H,4,7-8,15-16H2,1-3H3,(H,25,29)(H,26,28)/t17-,20-/m0/s1. The first kappa shape index (κ1) is 25.5. The smallest absolute Gasteiger partial charge is 0.253 e. The molecule has 2 aromatic rings. The van der Waals surface area contributed by atoms with Gasteiger partial charge in [-0.05, 0) is 63.1 Å². The van der Waals surface area contributed by atoms with Gasteiger partial charge in [0.15, 0.2) is 0 Å². The van der Waals surface area contributed by atoms with Crippen molar-refractivity contribution in [2.24, 2.45) is 0 Å². The van der Waals surface area contributed by atoms with Gasteiger partial charge in [0.05, 0.1) is 35.9 Å². The fraction of sp³-hybridized carbons (Fsp3) is 0.417. The van der Waals surface area contributed by atoms with Gasteiger partial charge >= 0.3 is 0 Å². The Balaban J connectivity index is 1.76. The highest BCUT2D eigenvalue weighted by molar-refractivity contribution is 7.92. The summed E-state index contributed by atoms with van der Waals surface area (Å²) >= 11 is 0. The summed E-state index contributed by atoms with van der Waals surface area (Å²) in [6.07, 6.45) is 2.89.